The number of allylic oxidation sites excluding steroid dienone is 2. The van der Waals surface area contributed by atoms with Crippen LogP contribution in [0.2, 0.25) is 0 Å². The fourth-order valence-corrected chi connectivity index (χ4v) is 2.61. The van der Waals surface area contributed by atoms with Gasteiger partial charge in [-0.15, -0.1) is 0 Å². The van der Waals surface area contributed by atoms with Gasteiger partial charge in [-0.2, -0.15) is 0 Å². The van der Waals surface area contributed by atoms with Crippen molar-refractivity contribution in [2.75, 3.05) is 6.54 Å². The highest BCUT2D eigenvalue weighted by molar-refractivity contribution is 5.69. The summed E-state index contributed by atoms with van der Waals surface area (Å²) in [6, 6.07) is 0. The van der Waals surface area contributed by atoms with E-state index in [0.29, 0.717) is 5.96 Å². The van der Waals surface area contributed by atoms with Crippen molar-refractivity contribution >= 4 is 5.96 Å². The van der Waals surface area contributed by atoms with Gasteiger partial charge in [-0.05, 0) is 32.1 Å². The van der Waals surface area contributed by atoms with Crippen LogP contribution in [0.25, 0.3) is 0 Å². The molecule has 4 heteroatoms. The Hall–Kier alpha value is -0.510. The predicted molar refractivity (Wildman–Crippen MR) is 98.7 cm³/mol. The average Bonchev–Trinajstić information content (AvgIpc) is 2.50. The van der Waals surface area contributed by atoms with Gasteiger partial charge in [0.2, 0.25) is 0 Å². The molecule has 5 N–H and O–H groups in total. The van der Waals surface area contributed by atoms with E-state index in [1.54, 1.807) is 0 Å². The molecule has 0 spiro atoms. The van der Waals surface area contributed by atoms with Crippen molar-refractivity contribution in [1.82, 2.24) is 0 Å². The summed E-state index contributed by atoms with van der Waals surface area (Å²) in [6.45, 7) is 3.18. The van der Waals surface area contributed by atoms with Crippen molar-refractivity contribution < 1.29 is 22.0 Å². The van der Waals surface area contributed by atoms with Crippen LogP contribution < -0.4 is 33.4 Å². The lowest BCUT2D eigenvalue weighted by molar-refractivity contribution is -0.459. The van der Waals surface area contributed by atoms with E-state index in [4.69, 9.17) is 11.5 Å². The van der Waals surface area contributed by atoms with Crippen molar-refractivity contribution in [1.29, 1.82) is 0 Å². The minimum atomic E-state index is 0. The molecular formula is C19H40BrN3. The number of hydrogen-bond acceptors (Lipinski definition) is 0. The van der Waals surface area contributed by atoms with Gasteiger partial charge in [0, 0.05) is 0 Å². The third-order valence-corrected chi connectivity index (χ3v) is 4.02. The quantitative estimate of drug-likeness (QED) is 0.154. The van der Waals surface area contributed by atoms with E-state index in [1.165, 1.54) is 83.5 Å². The summed E-state index contributed by atoms with van der Waals surface area (Å²) in [7, 11) is 0. The maximum atomic E-state index is 5.34. The molecule has 0 radical (unpaired) electrons. The van der Waals surface area contributed by atoms with Crippen molar-refractivity contribution in [3.8, 4) is 0 Å². The molecule has 0 aliphatic heterocycles. The molecule has 0 aromatic heterocycles. The summed E-state index contributed by atoms with van der Waals surface area (Å²) < 4.78 is 0. The number of nitrogens with two attached hydrogens (primary N) is 2. The van der Waals surface area contributed by atoms with Gasteiger partial charge in [-0.3, -0.25) is 16.5 Å². The van der Waals surface area contributed by atoms with E-state index in [1.807, 2.05) is 0 Å². The van der Waals surface area contributed by atoms with Gasteiger partial charge in [0.05, 0.1) is 6.54 Å². The van der Waals surface area contributed by atoms with Gasteiger partial charge < -0.3 is 17.0 Å². The number of unbranched alkanes of at least 4 members (excludes halogenated alkanes) is 12. The maximum Gasteiger partial charge on any atom is 0.338 e. The van der Waals surface area contributed by atoms with Gasteiger partial charge in [-0.1, -0.05) is 76.9 Å². The van der Waals surface area contributed by atoms with E-state index < -0.39 is 0 Å². The zero-order valence-electron chi connectivity index (χ0n) is 15.3. The van der Waals surface area contributed by atoms with Crippen LogP contribution in [-0.2, 0) is 0 Å². The van der Waals surface area contributed by atoms with Crippen LogP contribution in [0.3, 0.4) is 0 Å². The molecule has 0 unspecified atom stereocenters. The number of halogens is 1. The topological polar surface area (TPSA) is 66.0 Å². The molecule has 0 aliphatic carbocycles. The molecule has 0 heterocycles. The van der Waals surface area contributed by atoms with Gasteiger partial charge in [0.25, 0.3) is 0 Å². The van der Waals surface area contributed by atoms with Crippen LogP contribution >= 0.6 is 0 Å². The minimum Gasteiger partial charge on any atom is -1.00 e. The molecule has 0 saturated heterocycles. The second kappa shape index (κ2) is 21.5. The smallest absolute Gasteiger partial charge is 0.338 e. The van der Waals surface area contributed by atoms with Crippen LogP contribution in [0.1, 0.15) is 96.8 Å². The molecule has 0 amide bonds. The highest BCUT2D eigenvalue weighted by atomic mass is 79.9. The summed E-state index contributed by atoms with van der Waals surface area (Å²) in [6.07, 6.45) is 23.5. The first kappa shape index (κ1) is 24.7. The van der Waals surface area contributed by atoms with Crippen LogP contribution in [0.4, 0.5) is 0 Å². The number of guanidine groups is 1. The maximum absolute atomic E-state index is 5.34. The van der Waals surface area contributed by atoms with E-state index in [2.05, 4.69) is 24.1 Å². The second-order valence-electron chi connectivity index (χ2n) is 6.32. The molecule has 0 saturated carbocycles. The van der Waals surface area contributed by atoms with Gasteiger partial charge >= 0.3 is 5.96 Å². The summed E-state index contributed by atoms with van der Waals surface area (Å²) in [5.74, 6) is 0.341. The molecule has 138 valence electrons. The first-order valence-corrected chi connectivity index (χ1v) is 9.54. The van der Waals surface area contributed by atoms with Crippen LogP contribution in [-0.4, -0.2) is 12.5 Å². The third kappa shape index (κ3) is 23.9. The molecule has 0 atom stereocenters. The van der Waals surface area contributed by atoms with Crippen LogP contribution in [0, 0.1) is 0 Å². The summed E-state index contributed by atoms with van der Waals surface area (Å²) in [5, 5.41) is 0. The molecule has 0 bridgehead atoms. The largest absolute Gasteiger partial charge is 1.00 e. The first-order valence-electron chi connectivity index (χ1n) is 9.54. The minimum absolute atomic E-state index is 0. The zero-order valence-corrected chi connectivity index (χ0v) is 16.9. The summed E-state index contributed by atoms with van der Waals surface area (Å²) >= 11 is 0. The lowest BCUT2D eigenvalue weighted by atomic mass is 10.1. The SMILES string of the molecule is CCCCCCCC/C=C\CCCCCCCC[NH+]=C(N)N.[Br-]. The first-order chi connectivity index (χ1) is 10.8. The normalized spacial score (nSPS) is 10.7. The fourth-order valence-electron chi connectivity index (χ4n) is 2.61. The lowest BCUT2D eigenvalue weighted by Gasteiger charge is -1.99. The Morgan fingerprint density at radius 1 is 0.696 bits per heavy atom. The highest BCUT2D eigenvalue weighted by Crippen LogP contribution is 2.09. The van der Waals surface area contributed by atoms with Crippen molar-refractivity contribution in [2.24, 2.45) is 11.5 Å². The molecule has 0 fully saturated rings. The fraction of sp³-hybridized carbons (Fsp3) is 0.842. The van der Waals surface area contributed by atoms with E-state index >= 15 is 0 Å². The van der Waals surface area contributed by atoms with Crippen molar-refractivity contribution in [3.05, 3.63) is 12.2 Å². The Morgan fingerprint density at radius 2 is 1.13 bits per heavy atom. The second-order valence-corrected chi connectivity index (χ2v) is 6.32. The Morgan fingerprint density at radius 3 is 1.61 bits per heavy atom. The highest BCUT2D eigenvalue weighted by Gasteiger charge is 1.92. The Labute approximate surface area is 155 Å². The monoisotopic (exact) mass is 389 g/mol. The standard InChI is InChI=1S/C19H39N3.BrH/c1-2-3-4-5-6-7-8-9-10-11-12-13-14-15-16-17-18-22-19(20)21;/h9-10H,2-8,11-18H2,1H3,(H4,20,21,22);1H/b10-9-;. The predicted octanol–water partition coefficient (Wildman–Crippen LogP) is 0.382. The molecular weight excluding hydrogens is 350 g/mol. The lowest BCUT2D eigenvalue weighted by Crippen LogP contribution is -3.00. The summed E-state index contributed by atoms with van der Waals surface area (Å²) in [4.78, 5) is 2.96. The van der Waals surface area contributed by atoms with Crippen LogP contribution in [0.15, 0.2) is 12.2 Å². The van der Waals surface area contributed by atoms with Crippen LogP contribution in [0.5, 0.6) is 0 Å². The van der Waals surface area contributed by atoms with Crippen molar-refractivity contribution in [2.45, 2.75) is 96.8 Å². The van der Waals surface area contributed by atoms with Gasteiger partial charge in [-0.25, -0.2) is 0 Å². The van der Waals surface area contributed by atoms with E-state index in [9.17, 15) is 0 Å². The number of hydrogen-bond donors (Lipinski definition) is 3. The third-order valence-electron chi connectivity index (χ3n) is 4.02. The number of rotatable bonds is 16. The Kier molecular flexibility index (Phi) is 23.1. The summed E-state index contributed by atoms with van der Waals surface area (Å²) in [5.41, 5.74) is 10.7. The molecule has 0 aliphatic rings. The van der Waals surface area contributed by atoms with E-state index in [-0.39, 0.29) is 17.0 Å². The Balaban J connectivity index is 0. The molecule has 0 aromatic rings. The molecule has 0 aromatic carbocycles. The van der Waals surface area contributed by atoms with Gasteiger partial charge in [0.1, 0.15) is 0 Å². The van der Waals surface area contributed by atoms with E-state index in [0.717, 1.165) is 13.0 Å². The molecule has 0 rings (SSSR count). The van der Waals surface area contributed by atoms with Crippen molar-refractivity contribution in [3.63, 3.8) is 0 Å². The number of nitrogens with one attached hydrogen (secondary N) is 1. The van der Waals surface area contributed by atoms with Gasteiger partial charge in [0.15, 0.2) is 0 Å². The zero-order chi connectivity index (χ0) is 16.3. The molecule has 3 nitrogen and oxygen atoms in total. The Bertz CT molecular complexity index is 274. The average molecular weight is 390 g/mol. The molecule has 23 heavy (non-hydrogen) atoms.